The van der Waals surface area contributed by atoms with E-state index in [2.05, 4.69) is 25.8 Å². The standard InChI is InChI=1S/C26H24BrN3O4S/c1-4-34-20-11-9-19(10-12-20)28-24(31)15-29-25(32)23(35-26(29)33)14-18-13-16(2)30(17(18)3)22-8-6-5-7-21(22)27/h5-14H,4,15H2,1-3H3,(H,28,31)/b23-14+. The molecule has 2 aromatic carbocycles. The number of rotatable bonds is 7. The maximum absolute atomic E-state index is 13.0. The second kappa shape index (κ2) is 10.5. The van der Waals surface area contributed by atoms with E-state index >= 15 is 0 Å². The normalized spacial score (nSPS) is 14.6. The number of anilines is 1. The van der Waals surface area contributed by atoms with Crippen molar-refractivity contribution in [3.05, 3.63) is 80.9 Å². The monoisotopic (exact) mass is 553 g/mol. The van der Waals surface area contributed by atoms with Gasteiger partial charge in [-0.05, 0) is 103 Å². The average molecular weight is 554 g/mol. The van der Waals surface area contributed by atoms with Crippen molar-refractivity contribution in [1.29, 1.82) is 0 Å². The van der Waals surface area contributed by atoms with Gasteiger partial charge in [0.05, 0.1) is 17.2 Å². The van der Waals surface area contributed by atoms with Crippen molar-refractivity contribution in [2.24, 2.45) is 0 Å². The van der Waals surface area contributed by atoms with Gasteiger partial charge >= 0.3 is 0 Å². The summed E-state index contributed by atoms with van der Waals surface area (Å²) in [4.78, 5) is 39.2. The lowest BCUT2D eigenvalue weighted by Gasteiger charge is -2.13. The molecular formula is C26H24BrN3O4S. The van der Waals surface area contributed by atoms with Crippen molar-refractivity contribution in [1.82, 2.24) is 9.47 Å². The molecule has 1 aliphatic heterocycles. The minimum absolute atomic E-state index is 0.288. The molecule has 0 radical (unpaired) electrons. The molecule has 35 heavy (non-hydrogen) atoms. The van der Waals surface area contributed by atoms with Gasteiger partial charge < -0.3 is 14.6 Å². The van der Waals surface area contributed by atoms with E-state index in [1.807, 2.05) is 51.1 Å². The van der Waals surface area contributed by atoms with Crippen LogP contribution in [0.25, 0.3) is 11.8 Å². The molecular weight excluding hydrogens is 530 g/mol. The molecule has 4 rings (SSSR count). The summed E-state index contributed by atoms with van der Waals surface area (Å²) in [6.07, 6.45) is 1.71. The molecule has 0 atom stereocenters. The van der Waals surface area contributed by atoms with Crippen molar-refractivity contribution in [3.63, 3.8) is 0 Å². The van der Waals surface area contributed by atoms with Crippen LogP contribution in [-0.2, 0) is 9.59 Å². The van der Waals surface area contributed by atoms with E-state index in [0.29, 0.717) is 18.0 Å². The van der Waals surface area contributed by atoms with Gasteiger partial charge in [0.25, 0.3) is 11.1 Å². The Morgan fingerprint density at radius 1 is 1.11 bits per heavy atom. The number of aryl methyl sites for hydroxylation is 1. The summed E-state index contributed by atoms with van der Waals surface area (Å²) in [5, 5.41) is 2.24. The maximum atomic E-state index is 13.0. The Morgan fingerprint density at radius 2 is 1.83 bits per heavy atom. The predicted octanol–water partition coefficient (Wildman–Crippen LogP) is 5.93. The number of amides is 3. The number of thioether (sulfide) groups is 1. The molecule has 0 spiro atoms. The van der Waals surface area contributed by atoms with Crippen molar-refractivity contribution >= 4 is 56.5 Å². The van der Waals surface area contributed by atoms with E-state index in [0.717, 1.165) is 43.8 Å². The van der Waals surface area contributed by atoms with Gasteiger partial charge in [-0.25, -0.2) is 0 Å². The summed E-state index contributed by atoms with van der Waals surface area (Å²) < 4.78 is 8.43. The molecule has 180 valence electrons. The average Bonchev–Trinajstić information content (AvgIpc) is 3.25. The lowest BCUT2D eigenvalue weighted by Crippen LogP contribution is -2.36. The van der Waals surface area contributed by atoms with Gasteiger partial charge in [0.15, 0.2) is 0 Å². The lowest BCUT2D eigenvalue weighted by atomic mass is 10.2. The van der Waals surface area contributed by atoms with Crippen molar-refractivity contribution < 1.29 is 19.1 Å². The smallest absolute Gasteiger partial charge is 0.294 e. The molecule has 3 amide bonds. The first kappa shape index (κ1) is 24.8. The summed E-state index contributed by atoms with van der Waals surface area (Å²) in [5.41, 5.74) is 4.31. The van der Waals surface area contributed by atoms with Crippen LogP contribution in [0.2, 0.25) is 0 Å². The van der Waals surface area contributed by atoms with Gasteiger partial charge in [-0.2, -0.15) is 0 Å². The van der Waals surface area contributed by atoms with Gasteiger partial charge in [0.2, 0.25) is 5.91 Å². The third-order valence-electron chi connectivity index (χ3n) is 5.47. The first-order chi connectivity index (χ1) is 16.8. The summed E-state index contributed by atoms with van der Waals surface area (Å²) in [5.74, 6) is -0.238. The van der Waals surface area contributed by atoms with E-state index in [9.17, 15) is 14.4 Å². The second-order valence-electron chi connectivity index (χ2n) is 7.89. The number of aromatic nitrogens is 1. The fourth-order valence-corrected chi connectivity index (χ4v) is 5.15. The van der Waals surface area contributed by atoms with E-state index in [-0.39, 0.29) is 11.4 Å². The van der Waals surface area contributed by atoms with Gasteiger partial charge in [0, 0.05) is 21.5 Å². The third-order valence-corrected chi connectivity index (χ3v) is 7.05. The number of para-hydroxylation sites is 1. The molecule has 1 N–H and O–H groups in total. The zero-order valence-electron chi connectivity index (χ0n) is 19.5. The number of nitrogens with one attached hydrogen (secondary N) is 1. The van der Waals surface area contributed by atoms with Crippen molar-refractivity contribution in [2.45, 2.75) is 20.8 Å². The van der Waals surface area contributed by atoms with Crippen LogP contribution >= 0.6 is 27.7 Å². The van der Waals surface area contributed by atoms with Crippen LogP contribution in [0.4, 0.5) is 10.5 Å². The van der Waals surface area contributed by atoms with Crippen LogP contribution in [-0.4, -0.2) is 39.7 Å². The number of imide groups is 1. The molecule has 1 aliphatic rings. The zero-order valence-corrected chi connectivity index (χ0v) is 21.9. The third kappa shape index (κ3) is 5.36. The quantitative estimate of drug-likeness (QED) is 0.366. The highest BCUT2D eigenvalue weighted by Crippen LogP contribution is 2.34. The molecule has 0 unspecified atom stereocenters. The number of carbonyl (C=O) groups excluding carboxylic acids is 3. The van der Waals surface area contributed by atoms with Crippen LogP contribution < -0.4 is 10.1 Å². The number of ether oxygens (including phenoxy) is 1. The zero-order chi connectivity index (χ0) is 25.1. The molecule has 1 aromatic heterocycles. The van der Waals surface area contributed by atoms with Crippen LogP contribution in [0.1, 0.15) is 23.9 Å². The molecule has 0 saturated carbocycles. The van der Waals surface area contributed by atoms with Gasteiger partial charge in [0.1, 0.15) is 12.3 Å². The highest BCUT2D eigenvalue weighted by Gasteiger charge is 2.36. The fourth-order valence-electron chi connectivity index (χ4n) is 3.86. The SMILES string of the molecule is CCOc1ccc(NC(=O)CN2C(=O)S/C(=C/c3cc(C)n(-c4ccccc4Br)c3C)C2=O)cc1. The van der Waals surface area contributed by atoms with E-state index < -0.39 is 17.1 Å². The Kier molecular flexibility index (Phi) is 7.47. The molecule has 0 aliphatic carbocycles. The minimum atomic E-state index is -0.479. The van der Waals surface area contributed by atoms with Gasteiger partial charge in [-0.15, -0.1) is 0 Å². The topological polar surface area (TPSA) is 80.6 Å². The highest BCUT2D eigenvalue weighted by atomic mass is 79.9. The number of hydrogen-bond donors (Lipinski definition) is 1. The van der Waals surface area contributed by atoms with Crippen molar-refractivity contribution in [2.75, 3.05) is 18.5 Å². The maximum Gasteiger partial charge on any atom is 0.294 e. The van der Waals surface area contributed by atoms with Crippen LogP contribution in [0.3, 0.4) is 0 Å². The number of halogens is 1. The van der Waals surface area contributed by atoms with E-state index in [1.54, 1.807) is 30.3 Å². The molecule has 3 aromatic rings. The Bertz CT molecular complexity index is 1330. The second-order valence-corrected chi connectivity index (χ2v) is 9.73. The van der Waals surface area contributed by atoms with Crippen LogP contribution in [0, 0.1) is 13.8 Å². The summed E-state index contributed by atoms with van der Waals surface area (Å²) in [7, 11) is 0. The highest BCUT2D eigenvalue weighted by molar-refractivity contribution is 9.10. The summed E-state index contributed by atoms with van der Waals surface area (Å²) in [6.45, 7) is 6.03. The van der Waals surface area contributed by atoms with Crippen LogP contribution in [0.15, 0.2) is 64.0 Å². The number of benzene rings is 2. The molecule has 1 fully saturated rings. The van der Waals surface area contributed by atoms with E-state index in [4.69, 9.17) is 4.74 Å². The van der Waals surface area contributed by atoms with E-state index in [1.165, 1.54) is 0 Å². The predicted molar refractivity (Wildman–Crippen MR) is 142 cm³/mol. The molecule has 0 bridgehead atoms. The van der Waals surface area contributed by atoms with Gasteiger partial charge in [-0.1, -0.05) is 12.1 Å². The summed E-state index contributed by atoms with van der Waals surface area (Å²) in [6, 6.07) is 16.8. The summed E-state index contributed by atoms with van der Waals surface area (Å²) >= 11 is 4.43. The molecule has 9 heteroatoms. The Hall–Kier alpha value is -3.30. The fraction of sp³-hybridized carbons (Fsp3) is 0.192. The van der Waals surface area contributed by atoms with Gasteiger partial charge in [-0.3, -0.25) is 19.3 Å². The Balaban J connectivity index is 1.49. The Labute approximate surface area is 216 Å². The molecule has 1 saturated heterocycles. The number of carbonyl (C=O) groups is 3. The lowest BCUT2D eigenvalue weighted by molar-refractivity contribution is -0.127. The molecule has 7 nitrogen and oxygen atoms in total. The first-order valence-electron chi connectivity index (χ1n) is 11.0. The minimum Gasteiger partial charge on any atom is -0.494 e. The first-order valence-corrected chi connectivity index (χ1v) is 12.6. The molecule has 2 heterocycles. The van der Waals surface area contributed by atoms with Crippen molar-refractivity contribution in [3.8, 4) is 11.4 Å². The van der Waals surface area contributed by atoms with Crippen LogP contribution in [0.5, 0.6) is 5.75 Å². The number of nitrogens with zero attached hydrogens (tertiary/aromatic N) is 2. The number of hydrogen-bond acceptors (Lipinski definition) is 5. The Morgan fingerprint density at radius 3 is 2.51 bits per heavy atom. The largest absolute Gasteiger partial charge is 0.494 e.